The molecule has 2 aromatic rings. The number of amides is 1. The summed E-state index contributed by atoms with van der Waals surface area (Å²) < 4.78 is 34.3. The summed E-state index contributed by atoms with van der Waals surface area (Å²) in [5.41, 5.74) is 2.04. The average molecular weight is 601 g/mol. The van der Waals surface area contributed by atoms with Gasteiger partial charge in [-0.1, -0.05) is 56.0 Å². The summed E-state index contributed by atoms with van der Waals surface area (Å²) in [7, 11) is -4.90. The molecule has 2 rings (SSSR count). The van der Waals surface area contributed by atoms with E-state index in [9.17, 15) is 13.2 Å². The number of nitrogens with zero attached hydrogens (tertiary/aromatic N) is 1. The monoisotopic (exact) mass is 600 g/mol. The zero-order chi connectivity index (χ0) is 24.6. The Kier molecular flexibility index (Phi) is 10.3. The summed E-state index contributed by atoms with van der Waals surface area (Å²) in [6.07, 6.45) is 0.193. The topological polar surface area (TPSA) is 75.7 Å². The van der Waals surface area contributed by atoms with Crippen molar-refractivity contribution < 1.29 is 17.9 Å². The van der Waals surface area contributed by atoms with E-state index in [1.807, 2.05) is 31.2 Å². The minimum atomic E-state index is -3.65. The highest BCUT2D eigenvalue weighted by Gasteiger charge is 2.22. The Balaban J connectivity index is 2.03. The van der Waals surface area contributed by atoms with E-state index in [1.54, 1.807) is 29.2 Å². The second-order valence-electron chi connectivity index (χ2n) is 9.10. The molecule has 0 fully saturated rings. The van der Waals surface area contributed by atoms with Crippen LogP contribution in [0.25, 0.3) is 0 Å². The normalized spacial score (nSPS) is 11.9. The van der Waals surface area contributed by atoms with Gasteiger partial charge in [-0.05, 0) is 66.2 Å². The van der Waals surface area contributed by atoms with Gasteiger partial charge < -0.3 is 4.74 Å². The highest BCUT2D eigenvalue weighted by molar-refractivity contribution is 14.1. The van der Waals surface area contributed by atoms with Gasteiger partial charge in [0.25, 0.3) is 5.91 Å². The fraction of sp³-hybridized carbons (Fsp3) is 0.375. The van der Waals surface area contributed by atoms with Crippen molar-refractivity contribution in [3.63, 3.8) is 0 Å². The third-order valence-corrected chi connectivity index (χ3v) is 9.05. The molecule has 0 aliphatic rings. The van der Waals surface area contributed by atoms with Gasteiger partial charge >= 0.3 is 0 Å². The Bertz CT molecular complexity index is 1070. The van der Waals surface area contributed by atoms with Gasteiger partial charge in [-0.3, -0.25) is 9.69 Å². The molecule has 1 amide bonds. The summed E-state index contributed by atoms with van der Waals surface area (Å²) in [5.74, 6) is -0.276. The lowest BCUT2D eigenvalue weighted by Crippen LogP contribution is -2.36. The molecule has 0 spiro atoms. The van der Waals surface area contributed by atoms with Gasteiger partial charge in [-0.25, -0.2) is 13.1 Å². The molecule has 2 aromatic carbocycles. The van der Waals surface area contributed by atoms with Crippen LogP contribution >= 0.6 is 22.6 Å². The molecule has 0 atom stereocenters. The van der Waals surface area contributed by atoms with E-state index in [0.29, 0.717) is 12.2 Å². The maximum Gasteiger partial charge on any atom is 0.255 e. The Hall–Kier alpha value is -1.53. The number of benzene rings is 2. The van der Waals surface area contributed by atoms with Crippen molar-refractivity contribution in [3.05, 3.63) is 69.8 Å². The summed E-state index contributed by atoms with van der Waals surface area (Å²) >= 11 is 2.19. The molecule has 0 aliphatic carbocycles. The van der Waals surface area contributed by atoms with Gasteiger partial charge in [-0.15, -0.1) is 0 Å². The average Bonchev–Trinajstić information content (AvgIpc) is 2.73. The van der Waals surface area contributed by atoms with E-state index in [0.717, 1.165) is 20.9 Å². The van der Waals surface area contributed by atoms with Crippen LogP contribution in [0, 0.1) is 10.5 Å². The van der Waals surface area contributed by atoms with Crippen LogP contribution in [0.5, 0.6) is 0 Å². The molecule has 0 bridgehead atoms. The van der Waals surface area contributed by atoms with Crippen LogP contribution in [0.4, 0.5) is 5.69 Å². The quantitative estimate of drug-likeness (QED) is 0.120. The first-order valence-electron chi connectivity index (χ1n) is 10.8. The van der Waals surface area contributed by atoms with E-state index in [-0.39, 0.29) is 30.5 Å². The van der Waals surface area contributed by atoms with Crippen LogP contribution in [-0.4, -0.2) is 42.3 Å². The molecule has 0 saturated carbocycles. The lowest BCUT2D eigenvalue weighted by molar-refractivity contribution is -0.116. The summed E-state index contributed by atoms with van der Waals surface area (Å²) in [5, 5.41) is 0. The van der Waals surface area contributed by atoms with Crippen LogP contribution < -0.4 is 9.62 Å². The first kappa shape index (κ1) is 27.7. The zero-order valence-electron chi connectivity index (χ0n) is 19.7. The number of halogens is 1. The number of hydrogen-bond acceptors (Lipinski definition) is 4. The molecule has 9 heteroatoms. The maximum atomic E-state index is 13.2. The molecule has 0 unspecified atom stereocenters. The Morgan fingerprint density at radius 3 is 2.36 bits per heavy atom. The van der Waals surface area contributed by atoms with E-state index < -0.39 is 18.1 Å². The standard InChI is InChI=1S/C24H33IN2O4SSi/c1-19-10-12-21(13-11-19)32(29,30)26-15-14-20(2)24(28)27(18-31-16-17-33(3,4)5)23-9-7-6-8-22(23)25/h6-13,26H,2,14-18H2,1,3-5H3. The van der Waals surface area contributed by atoms with Crippen molar-refractivity contribution in [2.75, 3.05) is 24.8 Å². The number of para-hydroxylation sites is 1. The van der Waals surface area contributed by atoms with Crippen LogP contribution in [-0.2, 0) is 19.6 Å². The number of ether oxygens (including phenoxy) is 1. The molecule has 1 N–H and O–H groups in total. The Labute approximate surface area is 212 Å². The molecule has 0 aromatic heterocycles. The van der Waals surface area contributed by atoms with Gasteiger partial charge in [0.05, 0.1) is 10.6 Å². The van der Waals surface area contributed by atoms with Gasteiger partial charge in [0.15, 0.2) is 0 Å². The molecule has 0 heterocycles. The van der Waals surface area contributed by atoms with E-state index >= 15 is 0 Å². The van der Waals surface area contributed by atoms with Crippen molar-refractivity contribution in [1.82, 2.24) is 4.72 Å². The van der Waals surface area contributed by atoms with Gasteiger partial charge in [0, 0.05) is 30.4 Å². The predicted molar refractivity (Wildman–Crippen MR) is 146 cm³/mol. The van der Waals surface area contributed by atoms with Crippen molar-refractivity contribution in [3.8, 4) is 0 Å². The number of nitrogens with one attached hydrogen (secondary N) is 1. The van der Waals surface area contributed by atoms with E-state index in [4.69, 9.17) is 4.74 Å². The second kappa shape index (κ2) is 12.3. The Morgan fingerprint density at radius 1 is 1.12 bits per heavy atom. The summed E-state index contributed by atoms with van der Waals surface area (Å²) in [6.45, 7) is 13.4. The fourth-order valence-electron chi connectivity index (χ4n) is 2.88. The van der Waals surface area contributed by atoms with Crippen molar-refractivity contribution in [1.29, 1.82) is 0 Å². The molecule has 33 heavy (non-hydrogen) atoms. The van der Waals surface area contributed by atoms with Gasteiger partial charge in [-0.2, -0.15) is 0 Å². The molecule has 0 radical (unpaired) electrons. The number of carbonyl (C=O) groups is 1. The first-order valence-corrected chi connectivity index (χ1v) is 17.1. The zero-order valence-corrected chi connectivity index (χ0v) is 23.7. The van der Waals surface area contributed by atoms with Gasteiger partial charge in [0.2, 0.25) is 10.0 Å². The maximum absolute atomic E-state index is 13.2. The third-order valence-electron chi connectivity index (χ3n) is 4.96. The van der Waals surface area contributed by atoms with E-state index in [2.05, 4.69) is 53.5 Å². The number of anilines is 1. The lowest BCUT2D eigenvalue weighted by atomic mass is 10.2. The SMILES string of the molecule is C=C(CCNS(=O)(=O)c1ccc(C)cc1)C(=O)N(COCC[Si](C)(C)C)c1ccccc1I. The smallest absolute Gasteiger partial charge is 0.255 e. The number of hydrogen-bond donors (Lipinski definition) is 1. The van der Waals surface area contributed by atoms with Crippen LogP contribution in [0.3, 0.4) is 0 Å². The fourth-order valence-corrected chi connectivity index (χ4v) is 5.34. The van der Waals surface area contributed by atoms with Crippen LogP contribution in [0.15, 0.2) is 65.6 Å². The molecule has 180 valence electrons. The number of aryl methyl sites for hydroxylation is 1. The minimum absolute atomic E-state index is 0.0803. The molecule has 6 nitrogen and oxygen atoms in total. The predicted octanol–water partition coefficient (Wildman–Crippen LogP) is 5.17. The molecular weight excluding hydrogens is 567 g/mol. The number of rotatable bonds is 12. The van der Waals surface area contributed by atoms with Gasteiger partial charge in [0.1, 0.15) is 6.73 Å². The molecular formula is C24H33IN2O4SSi. The second-order valence-corrected chi connectivity index (χ2v) is 17.6. The summed E-state index contributed by atoms with van der Waals surface area (Å²) in [4.78, 5) is 15.0. The molecule has 0 saturated heterocycles. The number of carbonyl (C=O) groups excluding carboxylic acids is 1. The van der Waals surface area contributed by atoms with Crippen molar-refractivity contribution >= 4 is 52.3 Å². The number of sulfonamides is 1. The highest BCUT2D eigenvalue weighted by Crippen LogP contribution is 2.24. The summed E-state index contributed by atoms with van der Waals surface area (Å²) in [6, 6.07) is 15.2. The lowest BCUT2D eigenvalue weighted by Gasteiger charge is -2.25. The Morgan fingerprint density at radius 2 is 1.76 bits per heavy atom. The van der Waals surface area contributed by atoms with Crippen LogP contribution in [0.1, 0.15) is 12.0 Å². The first-order chi connectivity index (χ1) is 15.4. The highest BCUT2D eigenvalue weighted by atomic mass is 127. The minimum Gasteiger partial charge on any atom is -0.361 e. The third kappa shape index (κ3) is 8.97. The van der Waals surface area contributed by atoms with Crippen molar-refractivity contribution in [2.45, 2.75) is 43.9 Å². The van der Waals surface area contributed by atoms with Crippen LogP contribution in [0.2, 0.25) is 25.7 Å². The van der Waals surface area contributed by atoms with E-state index in [1.165, 1.54) is 0 Å². The van der Waals surface area contributed by atoms with Crippen molar-refractivity contribution in [2.24, 2.45) is 0 Å². The largest absolute Gasteiger partial charge is 0.361 e. The molecule has 0 aliphatic heterocycles.